The molecule has 3 aromatic rings. The zero-order chi connectivity index (χ0) is 25.5. The molecule has 1 unspecified atom stereocenters. The molecule has 0 spiro atoms. The van der Waals surface area contributed by atoms with Gasteiger partial charge in [-0.2, -0.15) is 5.10 Å². The Morgan fingerprint density at radius 2 is 1.75 bits per heavy atom. The number of rotatable bonds is 9. The summed E-state index contributed by atoms with van der Waals surface area (Å²) in [4.78, 5) is 25.4. The first kappa shape index (κ1) is 25.1. The SMILES string of the molecule is CC(C)C(NC(=O)c1ccc2c(c1)OCO2)C(=O)N/N=C/c1ccc(OCc2ccc(Cl)cc2)cc1. The van der Waals surface area contributed by atoms with Crippen molar-refractivity contribution in [2.24, 2.45) is 11.0 Å². The molecule has 2 amide bonds. The van der Waals surface area contributed by atoms with Crippen LogP contribution in [0.3, 0.4) is 0 Å². The minimum Gasteiger partial charge on any atom is -0.489 e. The maximum absolute atomic E-state index is 12.7. The third kappa shape index (κ3) is 6.55. The van der Waals surface area contributed by atoms with Crippen LogP contribution in [0.25, 0.3) is 0 Å². The maximum Gasteiger partial charge on any atom is 0.262 e. The van der Waals surface area contributed by atoms with Gasteiger partial charge in [-0.1, -0.05) is 37.6 Å². The molecule has 1 heterocycles. The van der Waals surface area contributed by atoms with Crippen LogP contribution in [0, 0.1) is 5.92 Å². The molecule has 1 aliphatic rings. The highest BCUT2D eigenvalue weighted by Gasteiger charge is 2.25. The van der Waals surface area contributed by atoms with Crippen molar-refractivity contribution in [3.8, 4) is 17.2 Å². The lowest BCUT2D eigenvalue weighted by Gasteiger charge is -2.20. The summed E-state index contributed by atoms with van der Waals surface area (Å²) in [6.07, 6.45) is 1.53. The molecule has 0 saturated carbocycles. The molecule has 8 nitrogen and oxygen atoms in total. The fourth-order valence-corrected chi connectivity index (χ4v) is 3.56. The van der Waals surface area contributed by atoms with Crippen molar-refractivity contribution >= 4 is 29.6 Å². The Morgan fingerprint density at radius 3 is 2.47 bits per heavy atom. The van der Waals surface area contributed by atoms with Crippen molar-refractivity contribution in [2.75, 3.05) is 6.79 Å². The molecule has 2 N–H and O–H groups in total. The van der Waals surface area contributed by atoms with E-state index in [-0.39, 0.29) is 18.6 Å². The minimum atomic E-state index is -0.774. The van der Waals surface area contributed by atoms with Gasteiger partial charge in [0.05, 0.1) is 6.21 Å². The van der Waals surface area contributed by atoms with Gasteiger partial charge in [0, 0.05) is 10.6 Å². The molecule has 1 aliphatic heterocycles. The monoisotopic (exact) mass is 507 g/mol. The average Bonchev–Trinajstić information content (AvgIpc) is 3.35. The van der Waals surface area contributed by atoms with E-state index < -0.39 is 11.9 Å². The molecule has 0 saturated heterocycles. The van der Waals surface area contributed by atoms with Gasteiger partial charge in [0.1, 0.15) is 18.4 Å². The standard InChI is InChI=1S/C27H26ClN3O5/c1-17(2)25(30-26(32)20-7-12-23-24(13-20)36-16-35-23)27(33)31-29-14-18-5-10-22(11-6-18)34-15-19-3-8-21(28)9-4-19/h3-14,17,25H,15-16H2,1-2H3,(H,30,32)(H,31,33)/b29-14+. The van der Waals surface area contributed by atoms with E-state index in [4.69, 9.17) is 25.8 Å². The van der Waals surface area contributed by atoms with Gasteiger partial charge < -0.3 is 19.5 Å². The lowest BCUT2D eigenvalue weighted by Crippen LogP contribution is -2.48. The number of carbonyl (C=O) groups excluding carboxylic acids is 2. The molecule has 4 rings (SSSR count). The van der Waals surface area contributed by atoms with E-state index in [1.165, 1.54) is 6.21 Å². The molecule has 0 aromatic heterocycles. The highest BCUT2D eigenvalue weighted by molar-refractivity contribution is 6.30. The number of hydrogen-bond donors (Lipinski definition) is 2. The second-order valence-corrected chi connectivity index (χ2v) is 8.92. The van der Waals surface area contributed by atoms with Crippen LogP contribution in [0.4, 0.5) is 0 Å². The van der Waals surface area contributed by atoms with Crippen LogP contribution in [0.2, 0.25) is 5.02 Å². The van der Waals surface area contributed by atoms with Gasteiger partial charge in [0.15, 0.2) is 11.5 Å². The van der Waals surface area contributed by atoms with Crippen LogP contribution < -0.4 is 25.0 Å². The van der Waals surface area contributed by atoms with Crippen LogP contribution in [0.1, 0.15) is 35.3 Å². The van der Waals surface area contributed by atoms with Gasteiger partial charge in [0.25, 0.3) is 11.8 Å². The van der Waals surface area contributed by atoms with E-state index in [1.807, 2.05) is 62.4 Å². The van der Waals surface area contributed by atoms with Crippen molar-refractivity contribution in [2.45, 2.75) is 26.5 Å². The van der Waals surface area contributed by atoms with Gasteiger partial charge in [-0.3, -0.25) is 9.59 Å². The maximum atomic E-state index is 12.7. The second kappa shape index (κ2) is 11.6. The second-order valence-electron chi connectivity index (χ2n) is 8.48. The number of ether oxygens (including phenoxy) is 3. The third-order valence-corrected chi connectivity index (χ3v) is 5.71. The van der Waals surface area contributed by atoms with Crippen molar-refractivity contribution < 1.29 is 23.8 Å². The van der Waals surface area contributed by atoms with Crippen molar-refractivity contribution in [1.29, 1.82) is 0 Å². The Bertz CT molecular complexity index is 1240. The van der Waals surface area contributed by atoms with Crippen LogP contribution in [0.15, 0.2) is 71.8 Å². The predicted octanol–water partition coefficient (Wildman–Crippen LogP) is 4.55. The zero-order valence-electron chi connectivity index (χ0n) is 19.9. The first-order valence-corrected chi connectivity index (χ1v) is 11.8. The molecular weight excluding hydrogens is 482 g/mol. The molecule has 0 fully saturated rings. The van der Waals surface area contributed by atoms with E-state index in [1.54, 1.807) is 18.2 Å². The largest absolute Gasteiger partial charge is 0.489 e. The topological polar surface area (TPSA) is 98.2 Å². The highest BCUT2D eigenvalue weighted by atomic mass is 35.5. The van der Waals surface area contributed by atoms with Crippen LogP contribution in [-0.2, 0) is 11.4 Å². The van der Waals surface area contributed by atoms with Crippen molar-refractivity contribution in [1.82, 2.24) is 10.7 Å². The van der Waals surface area contributed by atoms with Gasteiger partial charge >= 0.3 is 0 Å². The molecule has 0 bridgehead atoms. The number of nitrogens with zero attached hydrogens (tertiary/aromatic N) is 1. The number of carbonyl (C=O) groups is 2. The predicted molar refractivity (Wildman–Crippen MR) is 137 cm³/mol. The first-order valence-electron chi connectivity index (χ1n) is 11.4. The lowest BCUT2D eigenvalue weighted by molar-refractivity contribution is -0.123. The molecule has 186 valence electrons. The Morgan fingerprint density at radius 1 is 1.03 bits per heavy atom. The normalized spacial score (nSPS) is 13.0. The number of hydrazone groups is 1. The number of halogens is 1. The van der Waals surface area contributed by atoms with E-state index >= 15 is 0 Å². The van der Waals surface area contributed by atoms with Crippen molar-refractivity contribution in [3.05, 3.63) is 88.4 Å². The van der Waals surface area contributed by atoms with Crippen molar-refractivity contribution in [3.63, 3.8) is 0 Å². The fourth-order valence-electron chi connectivity index (χ4n) is 3.43. The molecule has 1 atom stereocenters. The number of benzene rings is 3. The number of fused-ring (bicyclic) bond motifs is 1. The quantitative estimate of drug-likeness (QED) is 0.327. The first-order chi connectivity index (χ1) is 17.4. The summed E-state index contributed by atoms with van der Waals surface area (Å²) in [5.74, 6) is 0.824. The number of amides is 2. The summed E-state index contributed by atoms with van der Waals surface area (Å²) in [5, 5.41) is 7.48. The third-order valence-electron chi connectivity index (χ3n) is 5.46. The summed E-state index contributed by atoms with van der Waals surface area (Å²) >= 11 is 5.90. The van der Waals surface area contributed by atoms with Crippen LogP contribution in [0.5, 0.6) is 17.2 Å². The molecular formula is C27H26ClN3O5. The van der Waals surface area contributed by atoms with Gasteiger partial charge in [-0.25, -0.2) is 5.43 Å². The summed E-state index contributed by atoms with van der Waals surface area (Å²) in [5.41, 5.74) is 4.67. The number of nitrogens with one attached hydrogen (secondary N) is 2. The Balaban J connectivity index is 1.29. The molecule has 0 aliphatic carbocycles. The minimum absolute atomic E-state index is 0.120. The molecule has 0 radical (unpaired) electrons. The van der Waals surface area contributed by atoms with Gasteiger partial charge in [-0.05, 0) is 71.6 Å². The summed E-state index contributed by atoms with van der Waals surface area (Å²) in [6, 6.07) is 18.9. The zero-order valence-corrected chi connectivity index (χ0v) is 20.6. The van der Waals surface area contributed by atoms with E-state index in [2.05, 4.69) is 15.8 Å². The van der Waals surface area contributed by atoms with E-state index in [0.717, 1.165) is 11.1 Å². The Labute approximate surface area is 214 Å². The highest BCUT2D eigenvalue weighted by Crippen LogP contribution is 2.32. The van der Waals surface area contributed by atoms with Gasteiger partial charge in [-0.15, -0.1) is 0 Å². The summed E-state index contributed by atoms with van der Waals surface area (Å²) in [7, 11) is 0. The van der Waals surface area contributed by atoms with E-state index in [9.17, 15) is 9.59 Å². The molecule has 3 aromatic carbocycles. The molecule has 36 heavy (non-hydrogen) atoms. The smallest absolute Gasteiger partial charge is 0.262 e. The lowest BCUT2D eigenvalue weighted by atomic mass is 10.0. The molecule has 9 heteroatoms. The Kier molecular flexibility index (Phi) is 8.07. The van der Waals surface area contributed by atoms with E-state index in [0.29, 0.717) is 34.4 Å². The summed E-state index contributed by atoms with van der Waals surface area (Å²) in [6.45, 7) is 4.23. The van der Waals surface area contributed by atoms with Crippen LogP contribution >= 0.6 is 11.6 Å². The Hall–Kier alpha value is -4.04. The summed E-state index contributed by atoms with van der Waals surface area (Å²) < 4.78 is 16.4. The average molecular weight is 508 g/mol. The number of hydrogen-bond acceptors (Lipinski definition) is 6. The fraction of sp³-hybridized carbons (Fsp3) is 0.222. The van der Waals surface area contributed by atoms with Gasteiger partial charge in [0.2, 0.25) is 6.79 Å². The van der Waals surface area contributed by atoms with Crippen LogP contribution in [-0.4, -0.2) is 30.9 Å².